The molecular formula is C13H17NO4. The Hall–Kier alpha value is -1.59. The summed E-state index contributed by atoms with van der Waals surface area (Å²) in [6.07, 6.45) is 1.04. The van der Waals surface area contributed by atoms with Crippen LogP contribution >= 0.6 is 0 Å². The lowest BCUT2D eigenvalue weighted by Crippen LogP contribution is -2.32. The first kappa shape index (κ1) is 12.9. The highest BCUT2D eigenvalue weighted by atomic mass is 16.5. The van der Waals surface area contributed by atoms with Crippen molar-refractivity contribution in [2.45, 2.75) is 12.5 Å². The van der Waals surface area contributed by atoms with Crippen LogP contribution in [-0.2, 0) is 4.74 Å². The molecule has 0 bridgehead atoms. The van der Waals surface area contributed by atoms with E-state index in [0.29, 0.717) is 18.4 Å². The maximum atomic E-state index is 10.8. The summed E-state index contributed by atoms with van der Waals surface area (Å²) in [5.41, 5.74) is 0.240. The molecule has 1 aliphatic heterocycles. The zero-order chi connectivity index (χ0) is 12.8. The highest BCUT2D eigenvalue weighted by Gasteiger charge is 2.13. The molecule has 1 aromatic carbocycles. The van der Waals surface area contributed by atoms with Crippen LogP contribution in [0.2, 0.25) is 0 Å². The van der Waals surface area contributed by atoms with E-state index in [2.05, 4.69) is 5.32 Å². The van der Waals surface area contributed by atoms with Gasteiger partial charge in [-0.2, -0.15) is 0 Å². The minimum Gasteiger partial charge on any atom is -0.492 e. The lowest BCUT2D eigenvalue weighted by atomic mass is 10.2. The van der Waals surface area contributed by atoms with Gasteiger partial charge in [-0.15, -0.1) is 0 Å². The summed E-state index contributed by atoms with van der Waals surface area (Å²) in [6.45, 7) is 2.82. The Morgan fingerprint density at radius 1 is 1.56 bits per heavy atom. The van der Waals surface area contributed by atoms with Crippen LogP contribution in [-0.4, -0.2) is 43.5 Å². The summed E-state index contributed by atoms with van der Waals surface area (Å²) >= 11 is 0. The molecule has 0 unspecified atom stereocenters. The molecule has 1 atom stereocenters. The number of carbonyl (C=O) groups is 1. The van der Waals surface area contributed by atoms with E-state index in [1.807, 2.05) is 0 Å². The van der Waals surface area contributed by atoms with Crippen LogP contribution in [0.15, 0.2) is 24.3 Å². The molecular weight excluding hydrogens is 234 g/mol. The summed E-state index contributed by atoms with van der Waals surface area (Å²) in [5.74, 6) is -0.360. The molecule has 1 fully saturated rings. The maximum Gasteiger partial charge on any atom is 0.335 e. The van der Waals surface area contributed by atoms with Crippen molar-refractivity contribution in [1.82, 2.24) is 5.32 Å². The molecule has 1 aromatic rings. The third kappa shape index (κ3) is 3.72. The lowest BCUT2D eigenvalue weighted by molar-refractivity contribution is 0.0696. The van der Waals surface area contributed by atoms with Crippen LogP contribution in [0, 0.1) is 0 Å². The van der Waals surface area contributed by atoms with E-state index in [1.165, 1.54) is 6.07 Å². The fourth-order valence-corrected chi connectivity index (χ4v) is 1.85. The Bertz CT molecular complexity index is 402. The number of ether oxygens (including phenoxy) is 2. The van der Waals surface area contributed by atoms with Crippen molar-refractivity contribution in [2.24, 2.45) is 0 Å². The Balaban J connectivity index is 1.72. The zero-order valence-electron chi connectivity index (χ0n) is 10.1. The predicted octanol–water partition coefficient (Wildman–Crippen LogP) is 1.14. The van der Waals surface area contributed by atoms with Crippen molar-refractivity contribution in [3.63, 3.8) is 0 Å². The van der Waals surface area contributed by atoms with Crippen molar-refractivity contribution in [3.8, 4) is 5.75 Å². The summed E-state index contributed by atoms with van der Waals surface area (Å²) in [4.78, 5) is 10.8. The third-order valence-electron chi connectivity index (χ3n) is 2.81. The second-order valence-corrected chi connectivity index (χ2v) is 4.20. The normalized spacial score (nSPS) is 18.8. The third-order valence-corrected chi connectivity index (χ3v) is 2.81. The summed E-state index contributed by atoms with van der Waals surface area (Å²) < 4.78 is 10.7. The molecule has 1 saturated heterocycles. The summed E-state index contributed by atoms with van der Waals surface area (Å²) in [7, 11) is 0. The number of hydrogen-bond acceptors (Lipinski definition) is 4. The van der Waals surface area contributed by atoms with Crippen LogP contribution in [0.3, 0.4) is 0 Å². The number of aromatic carboxylic acids is 1. The molecule has 1 aliphatic rings. The van der Waals surface area contributed by atoms with E-state index in [-0.39, 0.29) is 5.56 Å². The molecule has 18 heavy (non-hydrogen) atoms. The van der Waals surface area contributed by atoms with Gasteiger partial charge in [-0.1, -0.05) is 6.07 Å². The van der Waals surface area contributed by atoms with Crippen LogP contribution in [0.1, 0.15) is 16.8 Å². The molecule has 98 valence electrons. The molecule has 0 radical (unpaired) electrons. The zero-order valence-corrected chi connectivity index (χ0v) is 10.1. The van der Waals surface area contributed by atoms with Crippen molar-refractivity contribution in [3.05, 3.63) is 29.8 Å². The number of hydrogen-bond donors (Lipinski definition) is 2. The van der Waals surface area contributed by atoms with Crippen LogP contribution in [0.25, 0.3) is 0 Å². The van der Waals surface area contributed by atoms with E-state index in [1.54, 1.807) is 18.2 Å². The fourth-order valence-electron chi connectivity index (χ4n) is 1.85. The molecule has 5 heteroatoms. The minimum atomic E-state index is -0.943. The van der Waals surface area contributed by atoms with Crippen molar-refractivity contribution < 1.29 is 19.4 Å². The smallest absolute Gasteiger partial charge is 0.335 e. The molecule has 0 aliphatic carbocycles. The SMILES string of the molecule is O=C(O)c1cccc(OCCN[C@H]2CCOC2)c1. The maximum absolute atomic E-state index is 10.8. The summed E-state index contributed by atoms with van der Waals surface area (Å²) in [6, 6.07) is 6.92. The van der Waals surface area contributed by atoms with Crippen molar-refractivity contribution in [2.75, 3.05) is 26.4 Å². The van der Waals surface area contributed by atoms with Gasteiger partial charge < -0.3 is 19.9 Å². The first-order valence-electron chi connectivity index (χ1n) is 6.03. The minimum absolute atomic E-state index is 0.240. The number of carboxylic acids is 1. The van der Waals surface area contributed by atoms with E-state index in [0.717, 1.165) is 26.2 Å². The van der Waals surface area contributed by atoms with Gasteiger partial charge in [-0.25, -0.2) is 4.79 Å². The molecule has 5 nitrogen and oxygen atoms in total. The Morgan fingerprint density at radius 2 is 2.44 bits per heavy atom. The van der Waals surface area contributed by atoms with Gasteiger partial charge in [0.25, 0.3) is 0 Å². The topological polar surface area (TPSA) is 67.8 Å². The molecule has 0 saturated carbocycles. The second-order valence-electron chi connectivity index (χ2n) is 4.20. The number of carboxylic acid groups (broad SMARTS) is 1. The average Bonchev–Trinajstić information content (AvgIpc) is 2.88. The van der Waals surface area contributed by atoms with Gasteiger partial charge in [0.05, 0.1) is 12.2 Å². The van der Waals surface area contributed by atoms with E-state index in [9.17, 15) is 4.79 Å². The molecule has 0 aromatic heterocycles. The second kappa shape index (κ2) is 6.37. The Kier molecular flexibility index (Phi) is 4.55. The molecule has 2 rings (SSSR count). The first-order chi connectivity index (χ1) is 8.75. The Labute approximate surface area is 106 Å². The van der Waals surface area contributed by atoms with Crippen molar-refractivity contribution in [1.29, 1.82) is 0 Å². The van der Waals surface area contributed by atoms with Crippen LogP contribution in [0.5, 0.6) is 5.75 Å². The van der Waals surface area contributed by atoms with E-state index >= 15 is 0 Å². The predicted molar refractivity (Wildman–Crippen MR) is 66.1 cm³/mol. The van der Waals surface area contributed by atoms with Gasteiger partial charge in [0, 0.05) is 19.2 Å². The van der Waals surface area contributed by atoms with E-state index in [4.69, 9.17) is 14.6 Å². The molecule has 0 spiro atoms. The van der Waals surface area contributed by atoms with E-state index < -0.39 is 5.97 Å². The van der Waals surface area contributed by atoms with Gasteiger partial charge >= 0.3 is 5.97 Å². The molecule has 2 N–H and O–H groups in total. The first-order valence-corrected chi connectivity index (χ1v) is 6.03. The Morgan fingerprint density at radius 3 is 3.17 bits per heavy atom. The highest BCUT2D eigenvalue weighted by Crippen LogP contribution is 2.13. The quantitative estimate of drug-likeness (QED) is 0.742. The monoisotopic (exact) mass is 251 g/mol. The van der Waals surface area contributed by atoms with Gasteiger partial charge in [0.15, 0.2) is 0 Å². The highest BCUT2D eigenvalue weighted by molar-refractivity contribution is 5.87. The summed E-state index contributed by atoms with van der Waals surface area (Å²) in [5, 5.41) is 12.2. The number of nitrogens with one attached hydrogen (secondary N) is 1. The number of benzene rings is 1. The van der Waals surface area contributed by atoms with Gasteiger partial charge in [-0.3, -0.25) is 0 Å². The average molecular weight is 251 g/mol. The lowest BCUT2D eigenvalue weighted by Gasteiger charge is -2.11. The molecule has 1 heterocycles. The largest absolute Gasteiger partial charge is 0.492 e. The van der Waals surface area contributed by atoms with Crippen molar-refractivity contribution >= 4 is 5.97 Å². The van der Waals surface area contributed by atoms with Crippen LogP contribution < -0.4 is 10.1 Å². The van der Waals surface area contributed by atoms with Gasteiger partial charge in [-0.05, 0) is 24.6 Å². The molecule has 0 amide bonds. The number of rotatable bonds is 6. The standard InChI is InChI=1S/C13H17NO4/c15-13(16)10-2-1-3-12(8-10)18-7-5-14-11-4-6-17-9-11/h1-3,8,11,14H,4-7,9H2,(H,15,16)/t11-/m0/s1. The van der Waals surface area contributed by atoms with Gasteiger partial charge in [0.2, 0.25) is 0 Å². The van der Waals surface area contributed by atoms with Crippen LogP contribution in [0.4, 0.5) is 0 Å². The fraction of sp³-hybridized carbons (Fsp3) is 0.462. The van der Waals surface area contributed by atoms with Gasteiger partial charge in [0.1, 0.15) is 12.4 Å².